The summed E-state index contributed by atoms with van der Waals surface area (Å²) in [5.41, 5.74) is 6.76. The minimum Gasteiger partial charge on any atom is -0.399 e. The third kappa shape index (κ3) is 3.01. The number of hydrogen-bond acceptors (Lipinski definition) is 4. The predicted octanol–water partition coefficient (Wildman–Crippen LogP) is 0.969. The van der Waals surface area contributed by atoms with Crippen LogP contribution in [0.4, 0.5) is 5.69 Å². The van der Waals surface area contributed by atoms with Crippen molar-refractivity contribution in [2.75, 3.05) is 18.9 Å². The van der Waals surface area contributed by atoms with Crippen molar-refractivity contribution < 1.29 is 13.5 Å². The van der Waals surface area contributed by atoms with E-state index in [9.17, 15) is 8.42 Å². The van der Waals surface area contributed by atoms with E-state index in [0.717, 1.165) is 0 Å². The minimum atomic E-state index is -3.59. The van der Waals surface area contributed by atoms with Gasteiger partial charge in [0, 0.05) is 18.3 Å². The molecule has 0 heterocycles. The first-order valence-corrected chi connectivity index (χ1v) is 7.23. The van der Waals surface area contributed by atoms with Crippen molar-refractivity contribution >= 4 is 15.7 Å². The Morgan fingerprint density at radius 1 is 1.39 bits per heavy atom. The molecule has 102 valence electrons. The molecule has 0 radical (unpaired) electrons. The first-order chi connectivity index (χ1) is 8.30. The molecule has 0 spiro atoms. The summed E-state index contributed by atoms with van der Waals surface area (Å²) in [5, 5.41) is 8.98. The molecular formula is C12H20N2O3S. The summed E-state index contributed by atoms with van der Waals surface area (Å²) in [4.78, 5) is 0.235. The Hall–Kier alpha value is -1.11. The fourth-order valence-electron chi connectivity index (χ4n) is 1.84. The molecule has 0 aliphatic carbocycles. The fourth-order valence-corrected chi connectivity index (χ4v) is 3.68. The lowest BCUT2D eigenvalue weighted by atomic mass is 10.2. The van der Waals surface area contributed by atoms with Crippen molar-refractivity contribution in [2.45, 2.75) is 31.7 Å². The zero-order valence-corrected chi connectivity index (χ0v) is 11.7. The number of sulfonamides is 1. The molecule has 6 heteroatoms. The van der Waals surface area contributed by atoms with Crippen molar-refractivity contribution in [2.24, 2.45) is 0 Å². The van der Waals surface area contributed by atoms with Crippen LogP contribution < -0.4 is 5.73 Å². The van der Waals surface area contributed by atoms with Gasteiger partial charge in [0.15, 0.2) is 0 Å². The molecule has 0 aromatic heterocycles. The van der Waals surface area contributed by atoms with Gasteiger partial charge in [0.05, 0.1) is 11.5 Å². The van der Waals surface area contributed by atoms with Crippen molar-refractivity contribution in [1.82, 2.24) is 4.31 Å². The molecule has 0 bridgehead atoms. The molecular weight excluding hydrogens is 252 g/mol. The fraction of sp³-hybridized carbons (Fsp3) is 0.500. The summed E-state index contributed by atoms with van der Waals surface area (Å²) >= 11 is 0. The zero-order valence-electron chi connectivity index (χ0n) is 10.9. The maximum absolute atomic E-state index is 12.5. The van der Waals surface area contributed by atoms with Gasteiger partial charge in [-0.2, -0.15) is 4.31 Å². The number of nitrogens with zero attached hydrogens (tertiary/aromatic N) is 1. The van der Waals surface area contributed by atoms with E-state index in [4.69, 9.17) is 10.8 Å². The number of benzene rings is 1. The van der Waals surface area contributed by atoms with Crippen molar-refractivity contribution in [3.63, 3.8) is 0 Å². The van der Waals surface area contributed by atoms with Crippen LogP contribution in [0.1, 0.15) is 19.4 Å². The SMILES string of the molecule is Cc1cc(N)ccc1S(=O)(=O)N(CCO)C(C)C. The lowest BCUT2D eigenvalue weighted by Crippen LogP contribution is -2.39. The van der Waals surface area contributed by atoms with Crippen LogP contribution in [0.3, 0.4) is 0 Å². The van der Waals surface area contributed by atoms with Gasteiger partial charge in [-0.05, 0) is 44.5 Å². The third-order valence-electron chi connectivity index (χ3n) is 2.68. The molecule has 1 aromatic rings. The quantitative estimate of drug-likeness (QED) is 0.782. The van der Waals surface area contributed by atoms with Gasteiger partial charge < -0.3 is 10.8 Å². The van der Waals surface area contributed by atoms with Gasteiger partial charge in [0.25, 0.3) is 0 Å². The molecule has 18 heavy (non-hydrogen) atoms. The van der Waals surface area contributed by atoms with E-state index in [1.807, 2.05) is 0 Å². The van der Waals surface area contributed by atoms with E-state index in [1.54, 1.807) is 32.9 Å². The van der Waals surface area contributed by atoms with Gasteiger partial charge in [-0.3, -0.25) is 0 Å². The minimum absolute atomic E-state index is 0.0871. The summed E-state index contributed by atoms with van der Waals surface area (Å²) in [7, 11) is -3.59. The average Bonchev–Trinajstić information content (AvgIpc) is 2.24. The molecule has 0 saturated carbocycles. The molecule has 1 aromatic carbocycles. The lowest BCUT2D eigenvalue weighted by Gasteiger charge is -2.25. The monoisotopic (exact) mass is 272 g/mol. The van der Waals surface area contributed by atoms with Crippen molar-refractivity contribution in [3.05, 3.63) is 23.8 Å². The number of nitrogen functional groups attached to an aromatic ring is 1. The number of aryl methyl sites for hydroxylation is 1. The molecule has 0 atom stereocenters. The molecule has 0 aliphatic rings. The van der Waals surface area contributed by atoms with E-state index in [1.165, 1.54) is 10.4 Å². The number of nitrogens with two attached hydrogens (primary N) is 1. The summed E-state index contributed by atoms with van der Waals surface area (Å²) in [5.74, 6) is 0. The van der Waals surface area contributed by atoms with Gasteiger partial charge in [0.2, 0.25) is 10.0 Å². The second-order valence-corrected chi connectivity index (χ2v) is 6.32. The number of aliphatic hydroxyl groups is 1. The maximum atomic E-state index is 12.5. The molecule has 5 nitrogen and oxygen atoms in total. The van der Waals surface area contributed by atoms with Crippen molar-refractivity contribution in [1.29, 1.82) is 0 Å². The Kier molecular flexibility index (Phi) is 4.72. The van der Waals surface area contributed by atoms with Crippen LogP contribution in [0.5, 0.6) is 0 Å². The molecule has 0 saturated heterocycles. The van der Waals surface area contributed by atoms with Crippen LogP contribution >= 0.6 is 0 Å². The summed E-state index contributed by atoms with van der Waals surface area (Å²) < 4.78 is 26.2. The van der Waals surface area contributed by atoms with Gasteiger partial charge in [-0.15, -0.1) is 0 Å². The molecule has 0 amide bonds. The highest BCUT2D eigenvalue weighted by molar-refractivity contribution is 7.89. The predicted molar refractivity (Wildman–Crippen MR) is 71.7 cm³/mol. The van der Waals surface area contributed by atoms with E-state index in [-0.39, 0.29) is 24.1 Å². The third-order valence-corrected chi connectivity index (χ3v) is 4.92. The van der Waals surface area contributed by atoms with Crippen LogP contribution in [0.15, 0.2) is 23.1 Å². The Balaban J connectivity index is 3.26. The van der Waals surface area contributed by atoms with Gasteiger partial charge in [0.1, 0.15) is 0 Å². The highest BCUT2D eigenvalue weighted by atomic mass is 32.2. The number of aliphatic hydroxyl groups excluding tert-OH is 1. The van der Waals surface area contributed by atoms with Crippen molar-refractivity contribution in [3.8, 4) is 0 Å². The van der Waals surface area contributed by atoms with Gasteiger partial charge >= 0.3 is 0 Å². The standard InChI is InChI=1S/C12H20N2O3S/c1-9(2)14(6-7-15)18(16,17)12-5-4-11(13)8-10(12)3/h4-5,8-9,15H,6-7,13H2,1-3H3. The molecule has 1 rings (SSSR count). The van der Waals surface area contributed by atoms with E-state index >= 15 is 0 Å². The first kappa shape index (κ1) is 14.9. The van der Waals surface area contributed by atoms with Gasteiger partial charge in [-0.25, -0.2) is 8.42 Å². The normalized spacial score (nSPS) is 12.3. The van der Waals surface area contributed by atoms with E-state index in [2.05, 4.69) is 0 Å². The Morgan fingerprint density at radius 3 is 2.44 bits per heavy atom. The Bertz CT molecular complexity index is 512. The first-order valence-electron chi connectivity index (χ1n) is 5.79. The number of anilines is 1. The van der Waals surface area contributed by atoms with E-state index < -0.39 is 10.0 Å². The number of rotatable bonds is 5. The number of hydrogen-bond donors (Lipinski definition) is 2. The molecule has 0 unspecified atom stereocenters. The molecule has 0 fully saturated rings. The summed E-state index contributed by atoms with van der Waals surface area (Å²) in [6.45, 7) is 5.15. The second kappa shape index (κ2) is 5.69. The van der Waals surface area contributed by atoms with Crippen LogP contribution in [-0.2, 0) is 10.0 Å². The zero-order chi connectivity index (χ0) is 13.9. The highest BCUT2D eigenvalue weighted by Gasteiger charge is 2.27. The summed E-state index contributed by atoms with van der Waals surface area (Å²) in [6.07, 6.45) is 0. The highest BCUT2D eigenvalue weighted by Crippen LogP contribution is 2.23. The lowest BCUT2D eigenvalue weighted by molar-refractivity contribution is 0.236. The Labute approximate surface area is 108 Å². The second-order valence-electron chi connectivity index (χ2n) is 4.46. The molecule has 0 aliphatic heterocycles. The van der Waals surface area contributed by atoms with Crippen LogP contribution in [-0.4, -0.2) is 37.0 Å². The van der Waals surface area contributed by atoms with Crippen LogP contribution in [0, 0.1) is 6.92 Å². The average molecular weight is 272 g/mol. The van der Waals surface area contributed by atoms with Crippen LogP contribution in [0.2, 0.25) is 0 Å². The van der Waals surface area contributed by atoms with Gasteiger partial charge in [-0.1, -0.05) is 0 Å². The topological polar surface area (TPSA) is 83.6 Å². The van der Waals surface area contributed by atoms with Crippen LogP contribution in [0.25, 0.3) is 0 Å². The summed E-state index contributed by atoms with van der Waals surface area (Å²) in [6, 6.07) is 4.49. The maximum Gasteiger partial charge on any atom is 0.243 e. The smallest absolute Gasteiger partial charge is 0.243 e. The largest absolute Gasteiger partial charge is 0.399 e. The van der Waals surface area contributed by atoms with E-state index in [0.29, 0.717) is 11.3 Å². The Morgan fingerprint density at radius 2 is 2.00 bits per heavy atom. The molecule has 3 N–H and O–H groups in total.